The van der Waals surface area contributed by atoms with Crippen molar-refractivity contribution < 1.29 is 23.7 Å². The van der Waals surface area contributed by atoms with Crippen molar-refractivity contribution in [3.05, 3.63) is 63.4 Å². The van der Waals surface area contributed by atoms with Crippen LogP contribution in [0.2, 0.25) is 0 Å². The first-order valence-corrected chi connectivity index (χ1v) is 8.99. The monoisotopic (exact) mass is 388 g/mol. The van der Waals surface area contributed by atoms with Gasteiger partial charge in [-0.15, -0.1) is 0 Å². The molecule has 0 saturated heterocycles. The fraction of sp³-hybridized carbons (Fsp3) is 0.400. The van der Waals surface area contributed by atoms with Crippen molar-refractivity contribution in [1.29, 1.82) is 0 Å². The highest BCUT2D eigenvalue weighted by molar-refractivity contribution is 5.89. The summed E-state index contributed by atoms with van der Waals surface area (Å²) in [6.07, 6.45) is 0. The van der Waals surface area contributed by atoms with Crippen LogP contribution in [-0.4, -0.2) is 23.4 Å². The van der Waals surface area contributed by atoms with Crippen LogP contribution in [-0.2, 0) is 9.53 Å². The molecule has 1 N–H and O–H groups in total. The zero-order valence-corrected chi connectivity index (χ0v) is 16.3. The standard InChI is InChI=1S/C20H24N2O6/c1-12(2)14-5-7-15(8-6-14)19(13(3)4)21-17(23)11-27-20(24)16-9-10-18(28-16)22(25)26/h5-10,12-13,19H,11H2,1-4H3,(H,21,23)/t19-/m1/s1. The number of benzene rings is 1. The molecular formula is C20H24N2O6. The predicted molar refractivity (Wildman–Crippen MR) is 102 cm³/mol. The van der Waals surface area contributed by atoms with E-state index in [1.165, 1.54) is 5.56 Å². The van der Waals surface area contributed by atoms with Crippen molar-refractivity contribution in [2.45, 2.75) is 39.7 Å². The number of ether oxygens (including phenoxy) is 1. The molecule has 8 heteroatoms. The fourth-order valence-corrected chi connectivity index (χ4v) is 2.68. The summed E-state index contributed by atoms with van der Waals surface area (Å²) in [6, 6.07) is 9.97. The molecule has 0 aliphatic rings. The summed E-state index contributed by atoms with van der Waals surface area (Å²) in [5, 5.41) is 13.4. The molecule has 8 nitrogen and oxygen atoms in total. The van der Waals surface area contributed by atoms with E-state index in [1.54, 1.807) is 0 Å². The molecule has 0 spiro atoms. The molecule has 0 bridgehead atoms. The minimum Gasteiger partial charge on any atom is -0.450 e. The second-order valence-corrected chi connectivity index (χ2v) is 7.08. The Morgan fingerprint density at radius 3 is 2.18 bits per heavy atom. The third-order valence-corrected chi connectivity index (χ3v) is 4.25. The Balaban J connectivity index is 1.96. The Morgan fingerprint density at radius 1 is 1.07 bits per heavy atom. The molecule has 1 heterocycles. The Morgan fingerprint density at radius 2 is 1.68 bits per heavy atom. The van der Waals surface area contributed by atoms with E-state index >= 15 is 0 Å². The maximum Gasteiger partial charge on any atom is 0.433 e. The van der Waals surface area contributed by atoms with Crippen molar-refractivity contribution in [1.82, 2.24) is 5.32 Å². The molecule has 150 valence electrons. The van der Waals surface area contributed by atoms with Crippen LogP contribution in [0.4, 0.5) is 5.88 Å². The summed E-state index contributed by atoms with van der Waals surface area (Å²) >= 11 is 0. The Labute approximate surface area is 163 Å². The molecule has 1 atom stereocenters. The molecule has 1 amide bonds. The van der Waals surface area contributed by atoms with Gasteiger partial charge in [-0.1, -0.05) is 52.0 Å². The van der Waals surface area contributed by atoms with Gasteiger partial charge in [0.2, 0.25) is 5.76 Å². The number of nitro groups is 1. The van der Waals surface area contributed by atoms with Crippen molar-refractivity contribution in [2.24, 2.45) is 5.92 Å². The van der Waals surface area contributed by atoms with Crippen LogP contribution in [0.3, 0.4) is 0 Å². The molecular weight excluding hydrogens is 364 g/mol. The molecule has 0 unspecified atom stereocenters. The molecule has 2 aromatic rings. The van der Waals surface area contributed by atoms with Gasteiger partial charge in [0.05, 0.1) is 12.1 Å². The van der Waals surface area contributed by atoms with Gasteiger partial charge in [-0.05, 0) is 29.0 Å². The number of hydrogen-bond donors (Lipinski definition) is 1. The average Bonchev–Trinajstić information content (AvgIpc) is 3.14. The maximum atomic E-state index is 12.2. The minimum atomic E-state index is -0.939. The lowest BCUT2D eigenvalue weighted by Gasteiger charge is -2.23. The number of carbonyl (C=O) groups is 2. The van der Waals surface area contributed by atoms with E-state index in [9.17, 15) is 19.7 Å². The van der Waals surface area contributed by atoms with Gasteiger partial charge in [0.1, 0.15) is 4.92 Å². The van der Waals surface area contributed by atoms with E-state index < -0.39 is 29.3 Å². The van der Waals surface area contributed by atoms with E-state index in [0.29, 0.717) is 5.92 Å². The van der Waals surface area contributed by atoms with Crippen LogP contribution < -0.4 is 5.32 Å². The lowest BCUT2D eigenvalue weighted by atomic mass is 9.93. The van der Waals surface area contributed by atoms with E-state index in [1.807, 2.05) is 38.1 Å². The normalized spacial score (nSPS) is 12.1. The van der Waals surface area contributed by atoms with Gasteiger partial charge < -0.3 is 14.5 Å². The molecule has 2 rings (SSSR count). The van der Waals surface area contributed by atoms with Gasteiger partial charge >= 0.3 is 11.9 Å². The number of carbonyl (C=O) groups excluding carboxylic acids is 2. The second kappa shape index (κ2) is 9.16. The van der Waals surface area contributed by atoms with Crippen LogP contribution in [0.15, 0.2) is 40.8 Å². The lowest BCUT2D eigenvalue weighted by Crippen LogP contribution is -2.35. The summed E-state index contributed by atoms with van der Waals surface area (Å²) in [7, 11) is 0. The van der Waals surface area contributed by atoms with Crippen LogP contribution in [0.1, 0.15) is 61.3 Å². The van der Waals surface area contributed by atoms with Crippen molar-refractivity contribution >= 4 is 17.8 Å². The van der Waals surface area contributed by atoms with Crippen LogP contribution in [0, 0.1) is 16.0 Å². The van der Waals surface area contributed by atoms with E-state index in [4.69, 9.17) is 9.15 Å². The van der Waals surface area contributed by atoms with Crippen molar-refractivity contribution in [2.75, 3.05) is 6.61 Å². The molecule has 1 aromatic heterocycles. The third kappa shape index (κ3) is 5.42. The number of rotatable bonds is 8. The highest BCUT2D eigenvalue weighted by Crippen LogP contribution is 2.24. The number of hydrogen-bond acceptors (Lipinski definition) is 6. The van der Waals surface area contributed by atoms with Gasteiger partial charge in [0.15, 0.2) is 6.61 Å². The summed E-state index contributed by atoms with van der Waals surface area (Å²) in [5.41, 5.74) is 2.17. The zero-order chi connectivity index (χ0) is 20.8. The summed E-state index contributed by atoms with van der Waals surface area (Å²) < 4.78 is 9.64. The average molecular weight is 388 g/mol. The summed E-state index contributed by atoms with van der Waals surface area (Å²) in [4.78, 5) is 33.9. The van der Waals surface area contributed by atoms with Crippen LogP contribution >= 0.6 is 0 Å². The topological polar surface area (TPSA) is 112 Å². The number of amides is 1. The quantitative estimate of drug-likeness (QED) is 0.416. The van der Waals surface area contributed by atoms with Gasteiger partial charge in [0.25, 0.3) is 5.91 Å². The van der Waals surface area contributed by atoms with Crippen molar-refractivity contribution in [3.63, 3.8) is 0 Å². The number of nitrogens with zero attached hydrogens (tertiary/aromatic N) is 1. The SMILES string of the molecule is CC(C)c1ccc([C@H](NC(=O)COC(=O)c2ccc([N+](=O)[O-])o2)C(C)C)cc1. The van der Waals surface area contributed by atoms with Gasteiger partial charge in [-0.25, -0.2) is 4.79 Å². The van der Waals surface area contributed by atoms with Crippen LogP contribution in [0.25, 0.3) is 0 Å². The molecule has 1 aromatic carbocycles. The Bertz CT molecular complexity index is 839. The number of furan rings is 1. The largest absolute Gasteiger partial charge is 0.450 e. The van der Waals surface area contributed by atoms with Crippen LogP contribution in [0.5, 0.6) is 0 Å². The summed E-state index contributed by atoms with van der Waals surface area (Å²) in [5.74, 6) is -1.77. The summed E-state index contributed by atoms with van der Waals surface area (Å²) in [6.45, 7) is 7.67. The van der Waals surface area contributed by atoms with Gasteiger partial charge in [-0.2, -0.15) is 0 Å². The van der Waals surface area contributed by atoms with Gasteiger partial charge in [-0.3, -0.25) is 14.9 Å². The molecule has 0 fully saturated rings. The van der Waals surface area contributed by atoms with Gasteiger partial charge in [0, 0.05) is 0 Å². The Hall–Kier alpha value is -3.16. The molecule has 0 aliphatic heterocycles. The molecule has 0 aliphatic carbocycles. The second-order valence-electron chi connectivity index (χ2n) is 7.08. The zero-order valence-electron chi connectivity index (χ0n) is 16.3. The Kier molecular flexibility index (Phi) is 6.92. The minimum absolute atomic E-state index is 0.122. The van der Waals surface area contributed by atoms with E-state index in [-0.39, 0.29) is 17.7 Å². The first kappa shape index (κ1) is 21.1. The van der Waals surface area contributed by atoms with Crippen molar-refractivity contribution in [3.8, 4) is 0 Å². The highest BCUT2D eigenvalue weighted by Gasteiger charge is 2.22. The molecule has 0 saturated carbocycles. The first-order chi connectivity index (χ1) is 13.2. The predicted octanol–water partition coefficient (Wildman–Crippen LogP) is 3.98. The number of esters is 1. The van der Waals surface area contributed by atoms with E-state index in [2.05, 4.69) is 19.2 Å². The van der Waals surface area contributed by atoms with E-state index in [0.717, 1.165) is 17.7 Å². The maximum absolute atomic E-state index is 12.2. The highest BCUT2D eigenvalue weighted by atomic mass is 16.7. The molecule has 28 heavy (non-hydrogen) atoms. The molecule has 0 radical (unpaired) electrons. The third-order valence-electron chi connectivity index (χ3n) is 4.25. The fourth-order valence-electron chi connectivity index (χ4n) is 2.68. The smallest absolute Gasteiger partial charge is 0.433 e. The number of nitrogens with one attached hydrogen (secondary N) is 1. The lowest BCUT2D eigenvalue weighted by molar-refractivity contribution is -0.402. The first-order valence-electron chi connectivity index (χ1n) is 8.99.